The lowest BCUT2D eigenvalue weighted by molar-refractivity contribution is -0.239. The van der Waals surface area contributed by atoms with E-state index in [1.165, 1.54) is 44.1 Å². The van der Waals surface area contributed by atoms with Crippen molar-refractivity contribution in [2.45, 2.75) is 105 Å². The minimum absolute atomic E-state index is 0.109. The molecule has 0 aromatic carbocycles. The SMILES string of the molecule is C=C(C)[C@@H]1CC[C@]2(C#N)CC[C@]3(C)[C@H](CC[C@@H]4[C@@]5(C)CCC(N)[C@@](C)(CO)[C@@H]5CC[C@]43C)[C@@H]12. The van der Waals surface area contributed by atoms with E-state index in [9.17, 15) is 10.4 Å². The van der Waals surface area contributed by atoms with E-state index in [0.717, 1.165) is 25.7 Å². The third-order valence-electron chi connectivity index (χ3n) is 13.5. The van der Waals surface area contributed by atoms with Gasteiger partial charge in [0.05, 0.1) is 18.1 Å². The lowest BCUT2D eigenvalue weighted by Gasteiger charge is -2.72. The van der Waals surface area contributed by atoms with Crippen LogP contribution in [0.15, 0.2) is 12.2 Å². The zero-order valence-corrected chi connectivity index (χ0v) is 21.9. The monoisotopic (exact) mass is 452 g/mol. The number of rotatable bonds is 2. The van der Waals surface area contributed by atoms with Gasteiger partial charge in [0.25, 0.3) is 0 Å². The zero-order valence-electron chi connectivity index (χ0n) is 21.9. The van der Waals surface area contributed by atoms with Crippen LogP contribution in [0, 0.1) is 68.0 Å². The lowest BCUT2D eigenvalue weighted by atomic mass is 9.32. The normalized spacial score (nSPS) is 57.8. The van der Waals surface area contributed by atoms with Crippen LogP contribution in [-0.2, 0) is 0 Å². The number of allylic oxidation sites excluding steroid dienone is 1. The Bertz CT molecular complexity index is 877. The summed E-state index contributed by atoms with van der Waals surface area (Å²) in [6.45, 7) is 16.9. The van der Waals surface area contributed by atoms with Gasteiger partial charge in [-0.1, -0.05) is 39.8 Å². The molecule has 5 aliphatic rings. The van der Waals surface area contributed by atoms with Crippen molar-refractivity contribution in [1.82, 2.24) is 0 Å². The van der Waals surface area contributed by atoms with Crippen molar-refractivity contribution in [3.05, 3.63) is 12.2 Å². The van der Waals surface area contributed by atoms with Gasteiger partial charge in [-0.15, -0.1) is 0 Å². The summed E-state index contributed by atoms with van der Waals surface area (Å²) < 4.78 is 0. The zero-order chi connectivity index (χ0) is 24.0. The number of nitrogens with zero attached hydrogens (tertiary/aromatic N) is 1. The van der Waals surface area contributed by atoms with E-state index in [-0.39, 0.29) is 34.3 Å². The topological polar surface area (TPSA) is 70.0 Å². The van der Waals surface area contributed by atoms with Crippen LogP contribution in [0.2, 0.25) is 0 Å². The maximum absolute atomic E-state index is 10.5. The van der Waals surface area contributed by atoms with Crippen LogP contribution in [0.5, 0.6) is 0 Å². The van der Waals surface area contributed by atoms with Crippen LogP contribution in [0.4, 0.5) is 0 Å². The highest BCUT2D eigenvalue weighted by molar-refractivity contribution is 5.25. The highest BCUT2D eigenvalue weighted by Crippen LogP contribution is 2.77. The third kappa shape index (κ3) is 2.75. The fourth-order valence-electron chi connectivity index (χ4n) is 11.4. The van der Waals surface area contributed by atoms with Crippen molar-refractivity contribution in [1.29, 1.82) is 5.26 Å². The molecule has 3 nitrogen and oxygen atoms in total. The van der Waals surface area contributed by atoms with Gasteiger partial charge in [-0.25, -0.2) is 0 Å². The number of hydrogen-bond donors (Lipinski definition) is 2. The van der Waals surface area contributed by atoms with Gasteiger partial charge >= 0.3 is 0 Å². The van der Waals surface area contributed by atoms with E-state index in [1.807, 2.05) is 0 Å². The summed E-state index contributed by atoms with van der Waals surface area (Å²) in [6, 6.07) is 3.00. The van der Waals surface area contributed by atoms with Gasteiger partial charge in [-0.2, -0.15) is 5.26 Å². The van der Waals surface area contributed by atoms with Crippen molar-refractivity contribution in [2.75, 3.05) is 6.61 Å². The molecule has 5 fully saturated rings. The fourth-order valence-corrected chi connectivity index (χ4v) is 11.4. The Balaban J connectivity index is 1.56. The maximum Gasteiger partial charge on any atom is 0.0693 e. The van der Waals surface area contributed by atoms with Gasteiger partial charge in [0, 0.05) is 11.5 Å². The molecule has 3 heteroatoms. The Morgan fingerprint density at radius 1 is 0.939 bits per heavy atom. The molecule has 1 unspecified atom stereocenters. The Morgan fingerprint density at radius 2 is 1.67 bits per heavy atom. The van der Waals surface area contributed by atoms with Crippen molar-refractivity contribution >= 4 is 0 Å². The standard InChI is InChI=1S/C30H48N2O/c1-19(2)20-9-14-30(17-31)16-15-28(5)21(25(20)30)7-8-23-26(3)12-11-24(32)27(4,18-33)22(26)10-13-29(23,28)6/h20-25,33H,1,7-16,18,32H2,2-6H3/t20-,21+,22+,23+,24?,25+,26-,27-,28+,29+,30+/m0/s1. The largest absolute Gasteiger partial charge is 0.396 e. The first-order valence-corrected chi connectivity index (χ1v) is 13.9. The Kier molecular flexibility index (Phi) is 5.30. The molecule has 5 aliphatic carbocycles. The molecule has 0 amide bonds. The maximum atomic E-state index is 10.5. The molecular formula is C30H48N2O. The molecule has 184 valence electrons. The van der Waals surface area contributed by atoms with Crippen LogP contribution in [0.1, 0.15) is 98.8 Å². The lowest BCUT2D eigenvalue weighted by Crippen LogP contribution is -2.68. The molecule has 0 spiro atoms. The van der Waals surface area contributed by atoms with Gasteiger partial charge in [0.1, 0.15) is 0 Å². The predicted octanol–water partition coefficient (Wildman–Crippen LogP) is 6.47. The second kappa shape index (κ2) is 7.33. The first kappa shape index (κ1) is 23.9. The van der Waals surface area contributed by atoms with Crippen LogP contribution in [0.3, 0.4) is 0 Å². The number of nitriles is 1. The molecule has 0 aromatic rings. The number of hydrogen-bond acceptors (Lipinski definition) is 3. The Labute approximate surface area is 202 Å². The van der Waals surface area contributed by atoms with Gasteiger partial charge < -0.3 is 10.8 Å². The van der Waals surface area contributed by atoms with Crippen LogP contribution in [0.25, 0.3) is 0 Å². The second-order valence-electron chi connectivity index (χ2n) is 14.3. The summed E-state index contributed by atoms with van der Waals surface area (Å²) in [4.78, 5) is 0. The Morgan fingerprint density at radius 3 is 2.30 bits per heavy atom. The van der Waals surface area contributed by atoms with Gasteiger partial charge in [0.15, 0.2) is 0 Å². The number of fused-ring (bicyclic) bond motifs is 7. The molecule has 33 heavy (non-hydrogen) atoms. The summed E-state index contributed by atoms with van der Waals surface area (Å²) in [6.07, 6.45) is 11.7. The molecule has 0 radical (unpaired) electrons. The molecule has 0 aliphatic heterocycles. The third-order valence-corrected chi connectivity index (χ3v) is 13.5. The summed E-state index contributed by atoms with van der Waals surface area (Å²) in [5, 5.41) is 20.9. The molecule has 5 rings (SSSR count). The molecule has 5 saturated carbocycles. The summed E-state index contributed by atoms with van der Waals surface area (Å²) in [7, 11) is 0. The summed E-state index contributed by atoms with van der Waals surface area (Å²) >= 11 is 0. The molecule has 0 aromatic heterocycles. The van der Waals surface area contributed by atoms with Crippen LogP contribution < -0.4 is 5.73 Å². The average molecular weight is 453 g/mol. The molecule has 11 atom stereocenters. The van der Waals surface area contributed by atoms with E-state index in [4.69, 9.17) is 5.73 Å². The highest BCUT2D eigenvalue weighted by Gasteiger charge is 2.71. The van der Waals surface area contributed by atoms with Crippen LogP contribution in [-0.4, -0.2) is 17.8 Å². The van der Waals surface area contributed by atoms with E-state index in [1.54, 1.807) is 0 Å². The first-order valence-electron chi connectivity index (χ1n) is 13.9. The first-order chi connectivity index (χ1) is 15.4. The average Bonchev–Trinajstić information content (AvgIpc) is 3.17. The fraction of sp³-hybridized carbons (Fsp3) is 0.900. The number of aliphatic hydroxyl groups excluding tert-OH is 1. The minimum atomic E-state index is -0.162. The molecule has 3 N–H and O–H groups in total. The van der Waals surface area contributed by atoms with Crippen molar-refractivity contribution < 1.29 is 5.11 Å². The van der Waals surface area contributed by atoms with E-state index in [2.05, 4.69) is 47.3 Å². The van der Waals surface area contributed by atoms with Crippen molar-refractivity contribution in [3.8, 4) is 6.07 Å². The van der Waals surface area contributed by atoms with Gasteiger partial charge in [-0.05, 0) is 117 Å². The number of aliphatic hydroxyl groups is 1. The van der Waals surface area contributed by atoms with Gasteiger partial charge in [0.2, 0.25) is 0 Å². The minimum Gasteiger partial charge on any atom is -0.396 e. The summed E-state index contributed by atoms with van der Waals surface area (Å²) in [5.74, 6) is 2.83. The summed E-state index contributed by atoms with van der Waals surface area (Å²) in [5.41, 5.74) is 8.51. The Hall–Kier alpha value is -0.850. The molecule has 0 saturated heterocycles. The van der Waals surface area contributed by atoms with Gasteiger partial charge in [-0.3, -0.25) is 0 Å². The quantitative estimate of drug-likeness (QED) is 0.472. The van der Waals surface area contributed by atoms with E-state index >= 15 is 0 Å². The number of nitrogens with two attached hydrogens (primary N) is 1. The predicted molar refractivity (Wildman–Crippen MR) is 134 cm³/mol. The van der Waals surface area contributed by atoms with Crippen molar-refractivity contribution in [3.63, 3.8) is 0 Å². The van der Waals surface area contributed by atoms with Crippen LogP contribution >= 0.6 is 0 Å². The van der Waals surface area contributed by atoms with Crippen molar-refractivity contribution in [2.24, 2.45) is 62.4 Å². The molecule has 0 heterocycles. The van der Waals surface area contributed by atoms with E-state index < -0.39 is 0 Å². The smallest absolute Gasteiger partial charge is 0.0693 e. The second-order valence-corrected chi connectivity index (χ2v) is 14.3. The molecular weight excluding hydrogens is 404 g/mol. The highest BCUT2D eigenvalue weighted by atomic mass is 16.3. The van der Waals surface area contributed by atoms with E-state index in [0.29, 0.717) is 35.0 Å². The molecule has 0 bridgehead atoms.